The zero-order valence-corrected chi connectivity index (χ0v) is 27.1. The molecule has 0 unspecified atom stereocenters. The molecular formula is C35H40N6O5. The van der Waals surface area contributed by atoms with Crippen LogP contribution in [0.2, 0.25) is 0 Å². The molecule has 240 valence electrons. The van der Waals surface area contributed by atoms with Crippen LogP contribution in [-0.4, -0.2) is 75.7 Å². The summed E-state index contributed by atoms with van der Waals surface area (Å²) in [5.74, 6) is 1.37. The molecule has 0 radical (unpaired) electrons. The topological polar surface area (TPSA) is 111 Å². The number of ether oxygens (including phenoxy) is 3. The lowest BCUT2D eigenvalue weighted by Crippen LogP contribution is -2.37. The number of amides is 2. The molecule has 11 heteroatoms. The van der Waals surface area contributed by atoms with Gasteiger partial charge in [0.15, 0.2) is 0 Å². The minimum absolute atomic E-state index is 0.0685. The molecule has 3 aromatic heterocycles. The Hall–Kier alpha value is -4.48. The lowest BCUT2D eigenvalue weighted by atomic mass is 9.90. The number of hydrogen-bond donors (Lipinski definition) is 1. The van der Waals surface area contributed by atoms with E-state index in [1.807, 2.05) is 48.8 Å². The van der Waals surface area contributed by atoms with Gasteiger partial charge < -0.3 is 24.4 Å². The van der Waals surface area contributed by atoms with Crippen molar-refractivity contribution < 1.29 is 23.8 Å². The van der Waals surface area contributed by atoms with Crippen LogP contribution in [0.4, 0.5) is 16.3 Å². The highest BCUT2D eigenvalue weighted by Gasteiger charge is 2.39. The van der Waals surface area contributed by atoms with Gasteiger partial charge in [-0.1, -0.05) is 12.1 Å². The molecule has 0 saturated carbocycles. The van der Waals surface area contributed by atoms with Crippen molar-refractivity contribution in [1.29, 1.82) is 0 Å². The SMILES string of the molecule is CN(C)Cc1nc(Nc2ccc(-c3cnc4ccc5c(n34)OCC5)c3c2C(=O)N(C(=O)OC(C)(C)C)C3)ccc1C1CCOCC1. The molecule has 1 saturated heterocycles. The number of carbonyl (C=O) groups excluding carboxylic acids is 2. The van der Waals surface area contributed by atoms with Crippen molar-refractivity contribution in [3.05, 3.63) is 70.5 Å². The van der Waals surface area contributed by atoms with Gasteiger partial charge in [0.05, 0.1) is 42.0 Å². The molecule has 2 amide bonds. The van der Waals surface area contributed by atoms with Crippen molar-refractivity contribution in [2.75, 3.05) is 39.2 Å². The van der Waals surface area contributed by atoms with Crippen LogP contribution in [0.5, 0.6) is 5.88 Å². The summed E-state index contributed by atoms with van der Waals surface area (Å²) in [7, 11) is 4.07. The summed E-state index contributed by atoms with van der Waals surface area (Å²) < 4.78 is 19.3. The Balaban J connectivity index is 1.31. The van der Waals surface area contributed by atoms with Crippen molar-refractivity contribution >= 4 is 29.2 Å². The maximum absolute atomic E-state index is 14.1. The molecule has 11 nitrogen and oxygen atoms in total. The second-order valence-corrected chi connectivity index (χ2v) is 13.5. The first kappa shape index (κ1) is 30.2. The third kappa shape index (κ3) is 5.58. The van der Waals surface area contributed by atoms with E-state index in [1.54, 1.807) is 27.0 Å². The monoisotopic (exact) mass is 624 g/mol. The van der Waals surface area contributed by atoms with E-state index < -0.39 is 17.6 Å². The molecule has 46 heavy (non-hydrogen) atoms. The summed E-state index contributed by atoms with van der Waals surface area (Å²) in [4.78, 5) is 40.4. The van der Waals surface area contributed by atoms with Crippen LogP contribution in [0, 0.1) is 0 Å². The molecule has 7 rings (SSSR count). The van der Waals surface area contributed by atoms with Crippen LogP contribution in [-0.2, 0) is 29.0 Å². The number of carbonyl (C=O) groups is 2. The molecule has 0 bridgehead atoms. The number of rotatable bonds is 6. The van der Waals surface area contributed by atoms with Crippen molar-refractivity contribution in [3.63, 3.8) is 0 Å². The van der Waals surface area contributed by atoms with Gasteiger partial charge in [-0.15, -0.1) is 0 Å². The summed E-state index contributed by atoms with van der Waals surface area (Å²) >= 11 is 0. The van der Waals surface area contributed by atoms with Crippen LogP contribution in [0.15, 0.2) is 42.6 Å². The molecule has 1 aromatic carbocycles. The average Bonchev–Trinajstić information content (AvgIpc) is 3.74. The van der Waals surface area contributed by atoms with Gasteiger partial charge in [0.25, 0.3) is 5.91 Å². The van der Waals surface area contributed by atoms with E-state index in [1.165, 1.54) is 10.5 Å². The number of anilines is 2. The predicted molar refractivity (Wildman–Crippen MR) is 174 cm³/mol. The van der Waals surface area contributed by atoms with Gasteiger partial charge in [-0.2, -0.15) is 0 Å². The van der Waals surface area contributed by atoms with Crippen molar-refractivity contribution in [3.8, 4) is 17.1 Å². The quantitative estimate of drug-likeness (QED) is 0.279. The Morgan fingerprint density at radius 3 is 2.65 bits per heavy atom. The van der Waals surface area contributed by atoms with E-state index in [4.69, 9.17) is 19.2 Å². The molecule has 1 fully saturated rings. The van der Waals surface area contributed by atoms with Gasteiger partial charge in [0.1, 0.15) is 17.1 Å². The summed E-state index contributed by atoms with van der Waals surface area (Å²) in [6.45, 7) is 8.23. The number of pyridine rings is 2. The Kier molecular flexibility index (Phi) is 7.68. The van der Waals surface area contributed by atoms with E-state index in [0.29, 0.717) is 41.7 Å². The van der Waals surface area contributed by atoms with Crippen LogP contribution in [0.3, 0.4) is 0 Å². The Labute approximate surface area is 268 Å². The van der Waals surface area contributed by atoms with Gasteiger partial charge in [-0.05, 0) is 89.0 Å². The smallest absolute Gasteiger partial charge is 0.417 e. The lowest BCUT2D eigenvalue weighted by Gasteiger charge is -2.25. The normalized spacial score (nSPS) is 16.6. The number of nitrogens with one attached hydrogen (secondary N) is 1. The minimum atomic E-state index is -0.755. The zero-order chi connectivity index (χ0) is 32.2. The van der Waals surface area contributed by atoms with Crippen LogP contribution in [0.1, 0.15) is 72.3 Å². The van der Waals surface area contributed by atoms with Crippen molar-refractivity contribution in [1.82, 2.24) is 24.2 Å². The number of nitrogens with zero attached hydrogens (tertiary/aromatic N) is 5. The van der Waals surface area contributed by atoms with Crippen molar-refractivity contribution in [2.24, 2.45) is 0 Å². The molecule has 0 aliphatic carbocycles. The molecule has 0 spiro atoms. The summed E-state index contributed by atoms with van der Waals surface area (Å²) in [5.41, 5.74) is 6.63. The van der Waals surface area contributed by atoms with Gasteiger partial charge in [0.2, 0.25) is 5.88 Å². The second kappa shape index (κ2) is 11.7. The fourth-order valence-corrected chi connectivity index (χ4v) is 6.64. The Bertz CT molecular complexity index is 1840. The molecule has 6 heterocycles. The molecule has 0 atom stereocenters. The first-order chi connectivity index (χ1) is 22.1. The van der Waals surface area contributed by atoms with Gasteiger partial charge in [-0.3, -0.25) is 9.20 Å². The summed E-state index contributed by atoms with van der Waals surface area (Å²) in [6.07, 6.45) is 3.88. The first-order valence-corrected chi connectivity index (χ1v) is 15.9. The maximum Gasteiger partial charge on any atom is 0.417 e. The molecule has 1 N–H and O–H groups in total. The van der Waals surface area contributed by atoms with E-state index in [-0.39, 0.29) is 6.54 Å². The fraction of sp³-hybridized carbons (Fsp3) is 0.429. The highest BCUT2D eigenvalue weighted by atomic mass is 16.6. The number of benzene rings is 1. The number of imidazole rings is 1. The van der Waals surface area contributed by atoms with Crippen LogP contribution < -0.4 is 10.1 Å². The van der Waals surface area contributed by atoms with Gasteiger partial charge >= 0.3 is 6.09 Å². The molecule has 3 aliphatic rings. The number of fused-ring (bicyclic) bond motifs is 4. The van der Waals surface area contributed by atoms with Gasteiger partial charge in [0, 0.05) is 37.3 Å². The molecule has 4 aromatic rings. The highest BCUT2D eigenvalue weighted by Crippen LogP contribution is 2.41. The number of imide groups is 1. The highest BCUT2D eigenvalue weighted by molar-refractivity contribution is 6.11. The van der Waals surface area contributed by atoms with E-state index in [0.717, 1.165) is 66.5 Å². The fourth-order valence-electron chi connectivity index (χ4n) is 6.64. The molecule has 3 aliphatic heterocycles. The van der Waals surface area contributed by atoms with E-state index in [2.05, 4.69) is 21.3 Å². The minimum Gasteiger partial charge on any atom is -0.478 e. The molecular weight excluding hydrogens is 584 g/mol. The maximum atomic E-state index is 14.1. The summed E-state index contributed by atoms with van der Waals surface area (Å²) in [5, 5.41) is 3.44. The number of aromatic nitrogens is 3. The standard InChI is InChI=1S/C35H40N6O5/c1-35(2,3)46-34(43)40-19-25-24(28-18-36-30-11-6-22-14-17-45-33(22)41(28)30)7-9-26(31(25)32(40)42)37-29-10-8-23(21-12-15-44-16-13-21)27(38-29)20-39(4)5/h6-11,18,21H,12-17,19-20H2,1-5H3,(H,37,38). The predicted octanol–water partition coefficient (Wildman–Crippen LogP) is 5.92. The van der Waals surface area contributed by atoms with E-state index in [9.17, 15) is 9.59 Å². The lowest BCUT2D eigenvalue weighted by molar-refractivity contribution is 0.0248. The zero-order valence-electron chi connectivity index (χ0n) is 27.1. The van der Waals surface area contributed by atoms with E-state index >= 15 is 0 Å². The second-order valence-electron chi connectivity index (χ2n) is 13.5. The van der Waals surface area contributed by atoms with Crippen LogP contribution >= 0.6 is 0 Å². The number of hydrogen-bond acceptors (Lipinski definition) is 9. The largest absolute Gasteiger partial charge is 0.478 e. The average molecular weight is 625 g/mol. The Morgan fingerprint density at radius 1 is 1.09 bits per heavy atom. The Morgan fingerprint density at radius 2 is 1.89 bits per heavy atom. The third-order valence-electron chi connectivity index (χ3n) is 8.69. The summed E-state index contributed by atoms with van der Waals surface area (Å²) in [6, 6.07) is 12.0. The van der Waals surface area contributed by atoms with Gasteiger partial charge in [-0.25, -0.2) is 19.7 Å². The van der Waals surface area contributed by atoms with Crippen LogP contribution in [0.25, 0.3) is 16.9 Å². The van der Waals surface area contributed by atoms with Crippen molar-refractivity contribution in [2.45, 2.75) is 64.6 Å². The first-order valence-electron chi connectivity index (χ1n) is 15.9. The third-order valence-corrected chi connectivity index (χ3v) is 8.69.